The summed E-state index contributed by atoms with van der Waals surface area (Å²) in [6.07, 6.45) is 1.03. The molecule has 0 radical (unpaired) electrons. The number of anilines is 1. The van der Waals surface area contributed by atoms with Gasteiger partial charge in [0.2, 0.25) is 10.0 Å². The van der Waals surface area contributed by atoms with Crippen LogP contribution in [0, 0.1) is 5.82 Å². The topological polar surface area (TPSA) is 46.2 Å². The first kappa shape index (κ1) is 10.5. The largest absolute Gasteiger partial charge is 0.283 e. The summed E-state index contributed by atoms with van der Waals surface area (Å²) in [5, 5.41) is 0. The molecule has 1 aromatic carbocycles. The van der Waals surface area contributed by atoms with Crippen LogP contribution in [-0.2, 0) is 10.0 Å². The molecule has 1 rings (SSSR count). The van der Waals surface area contributed by atoms with E-state index in [2.05, 4.69) is 20.7 Å². The molecule has 1 aromatic rings. The van der Waals surface area contributed by atoms with Crippen molar-refractivity contribution in [2.24, 2.45) is 0 Å². The SMILES string of the molecule is CS(=O)(=O)Nc1ccc(F)cc1Br. The lowest BCUT2D eigenvalue weighted by Crippen LogP contribution is -2.09. The fourth-order valence-corrected chi connectivity index (χ4v) is 1.93. The molecule has 72 valence electrons. The number of hydrogen-bond acceptors (Lipinski definition) is 2. The fraction of sp³-hybridized carbons (Fsp3) is 0.143. The quantitative estimate of drug-likeness (QED) is 0.891. The molecular formula is C7H7BrFNO2S. The summed E-state index contributed by atoms with van der Waals surface area (Å²) in [5.74, 6) is -0.425. The Balaban J connectivity index is 3.04. The van der Waals surface area contributed by atoms with Gasteiger partial charge < -0.3 is 0 Å². The van der Waals surface area contributed by atoms with Gasteiger partial charge in [-0.05, 0) is 34.1 Å². The minimum Gasteiger partial charge on any atom is -0.283 e. The van der Waals surface area contributed by atoms with E-state index in [1.165, 1.54) is 18.2 Å². The Hall–Kier alpha value is -0.620. The lowest BCUT2D eigenvalue weighted by Gasteiger charge is -2.05. The summed E-state index contributed by atoms with van der Waals surface area (Å²) in [4.78, 5) is 0. The molecule has 0 aliphatic rings. The molecule has 0 atom stereocenters. The second-order valence-corrected chi connectivity index (χ2v) is 5.10. The lowest BCUT2D eigenvalue weighted by molar-refractivity contribution is 0.606. The number of nitrogens with one attached hydrogen (secondary N) is 1. The molecule has 0 bridgehead atoms. The van der Waals surface area contributed by atoms with Gasteiger partial charge in [-0.1, -0.05) is 0 Å². The van der Waals surface area contributed by atoms with Gasteiger partial charge in [-0.25, -0.2) is 12.8 Å². The van der Waals surface area contributed by atoms with E-state index in [0.717, 1.165) is 6.26 Å². The van der Waals surface area contributed by atoms with Gasteiger partial charge in [0.25, 0.3) is 0 Å². The summed E-state index contributed by atoms with van der Waals surface area (Å²) < 4.78 is 36.8. The first-order chi connectivity index (χ1) is 5.88. The molecule has 0 aromatic heterocycles. The molecule has 1 N–H and O–H groups in total. The first-order valence-corrected chi connectivity index (χ1v) is 6.00. The number of hydrogen-bond donors (Lipinski definition) is 1. The Morgan fingerprint density at radius 2 is 2.08 bits per heavy atom. The summed E-state index contributed by atoms with van der Waals surface area (Å²) >= 11 is 3.03. The van der Waals surface area contributed by atoms with Crippen molar-refractivity contribution in [3.05, 3.63) is 28.5 Å². The summed E-state index contributed by atoms with van der Waals surface area (Å²) in [6, 6.07) is 3.71. The van der Waals surface area contributed by atoms with Crippen LogP contribution in [0.1, 0.15) is 0 Å². The van der Waals surface area contributed by atoms with Crippen LogP contribution in [0.4, 0.5) is 10.1 Å². The van der Waals surface area contributed by atoms with Crippen LogP contribution in [0.5, 0.6) is 0 Å². The van der Waals surface area contributed by atoms with E-state index < -0.39 is 15.8 Å². The fourth-order valence-electron chi connectivity index (χ4n) is 0.772. The maximum Gasteiger partial charge on any atom is 0.229 e. The standard InChI is InChI=1S/C7H7BrFNO2S/c1-13(11,12)10-7-3-2-5(9)4-6(7)8/h2-4,10H,1H3. The molecule has 0 amide bonds. The average molecular weight is 268 g/mol. The smallest absolute Gasteiger partial charge is 0.229 e. The molecule has 0 spiro atoms. The third-order valence-corrected chi connectivity index (χ3v) is 2.47. The van der Waals surface area contributed by atoms with Crippen LogP contribution in [0.2, 0.25) is 0 Å². The highest BCUT2D eigenvalue weighted by Crippen LogP contribution is 2.23. The first-order valence-electron chi connectivity index (χ1n) is 3.31. The number of rotatable bonds is 2. The molecule has 0 aliphatic carbocycles. The van der Waals surface area contributed by atoms with E-state index >= 15 is 0 Å². The number of benzene rings is 1. The van der Waals surface area contributed by atoms with Crippen LogP contribution >= 0.6 is 15.9 Å². The second kappa shape index (κ2) is 3.63. The normalized spacial score (nSPS) is 11.3. The third kappa shape index (κ3) is 3.31. The van der Waals surface area contributed by atoms with Crippen molar-refractivity contribution in [2.45, 2.75) is 0 Å². The average Bonchev–Trinajstić information content (AvgIpc) is 1.93. The zero-order valence-electron chi connectivity index (χ0n) is 6.71. The molecular weight excluding hydrogens is 261 g/mol. The van der Waals surface area contributed by atoms with Crippen molar-refractivity contribution >= 4 is 31.6 Å². The van der Waals surface area contributed by atoms with Crippen molar-refractivity contribution in [3.8, 4) is 0 Å². The van der Waals surface area contributed by atoms with Gasteiger partial charge in [-0.2, -0.15) is 0 Å². The minimum absolute atomic E-state index is 0.323. The predicted molar refractivity (Wildman–Crippen MR) is 52.6 cm³/mol. The second-order valence-electron chi connectivity index (χ2n) is 2.50. The Morgan fingerprint density at radius 1 is 1.46 bits per heavy atom. The minimum atomic E-state index is -3.31. The van der Waals surface area contributed by atoms with Crippen LogP contribution in [-0.4, -0.2) is 14.7 Å². The molecule has 0 aliphatic heterocycles. The van der Waals surface area contributed by atoms with Crippen molar-refractivity contribution in [1.29, 1.82) is 0 Å². The monoisotopic (exact) mass is 267 g/mol. The molecule has 0 unspecified atom stereocenters. The Kier molecular flexibility index (Phi) is 2.92. The van der Waals surface area contributed by atoms with Gasteiger partial charge in [0.05, 0.1) is 11.9 Å². The highest BCUT2D eigenvalue weighted by Gasteiger charge is 2.05. The maximum absolute atomic E-state index is 12.6. The van der Waals surface area contributed by atoms with Gasteiger partial charge in [0.15, 0.2) is 0 Å². The van der Waals surface area contributed by atoms with E-state index in [4.69, 9.17) is 0 Å². The molecule has 0 saturated heterocycles. The zero-order chi connectivity index (χ0) is 10.1. The molecule has 0 fully saturated rings. The number of halogens is 2. The lowest BCUT2D eigenvalue weighted by atomic mass is 10.3. The van der Waals surface area contributed by atoms with Gasteiger partial charge in [0.1, 0.15) is 5.82 Å². The van der Waals surface area contributed by atoms with Crippen molar-refractivity contribution in [3.63, 3.8) is 0 Å². The molecule has 13 heavy (non-hydrogen) atoms. The van der Waals surface area contributed by atoms with Crippen LogP contribution in [0.15, 0.2) is 22.7 Å². The maximum atomic E-state index is 12.6. The van der Waals surface area contributed by atoms with Crippen molar-refractivity contribution < 1.29 is 12.8 Å². The van der Waals surface area contributed by atoms with E-state index in [1.807, 2.05) is 0 Å². The molecule has 0 saturated carbocycles. The van der Waals surface area contributed by atoms with Gasteiger partial charge in [0, 0.05) is 4.47 Å². The van der Waals surface area contributed by atoms with Gasteiger partial charge in [-0.15, -0.1) is 0 Å². The summed E-state index contributed by atoms with van der Waals surface area (Å²) in [5.41, 5.74) is 0.323. The third-order valence-electron chi connectivity index (χ3n) is 1.23. The van der Waals surface area contributed by atoms with Gasteiger partial charge in [-0.3, -0.25) is 4.72 Å². The van der Waals surface area contributed by atoms with Crippen LogP contribution < -0.4 is 4.72 Å². The summed E-state index contributed by atoms with van der Waals surface area (Å²) in [6.45, 7) is 0. The van der Waals surface area contributed by atoms with E-state index in [9.17, 15) is 12.8 Å². The molecule has 3 nitrogen and oxygen atoms in total. The van der Waals surface area contributed by atoms with Crippen LogP contribution in [0.25, 0.3) is 0 Å². The van der Waals surface area contributed by atoms with E-state index in [1.54, 1.807) is 0 Å². The van der Waals surface area contributed by atoms with E-state index in [0.29, 0.717) is 10.2 Å². The van der Waals surface area contributed by atoms with Crippen molar-refractivity contribution in [2.75, 3.05) is 11.0 Å². The van der Waals surface area contributed by atoms with Crippen LogP contribution in [0.3, 0.4) is 0 Å². The number of sulfonamides is 1. The highest BCUT2D eigenvalue weighted by atomic mass is 79.9. The predicted octanol–water partition coefficient (Wildman–Crippen LogP) is 1.96. The van der Waals surface area contributed by atoms with Crippen molar-refractivity contribution in [1.82, 2.24) is 0 Å². The molecule has 6 heteroatoms. The zero-order valence-corrected chi connectivity index (χ0v) is 9.12. The van der Waals surface area contributed by atoms with E-state index in [-0.39, 0.29) is 0 Å². The highest BCUT2D eigenvalue weighted by molar-refractivity contribution is 9.10. The Labute approximate surface area is 84.1 Å². The Bertz CT molecular complexity index is 419. The Morgan fingerprint density at radius 3 is 2.54 bits per heavy atom. The summed E-state index contributed by atoms with van der Waals surface area (Å²) in [7, 11) is -3.31. The van der Waals surface area contributed by atoms with Gasteiger partial charge >= 0.3 is 0 Å². The molecule has 0 heterocycles.